The molecule has 0 aliphatic carbocycles. The first-order valence-corrected chi connectivity index (χ1v) is 18.8. The molecule has 11 rings (SSSR count). The summed E-state index contributed by atoms with van der Waals surface area (Å²) in [4.78, 5) is 0. The van der Waals surface area contributed by atoms with E-state index in [0.717, 1.165) is 0 Å². The molecular formula is C54H34. The molecule has 0 heterocycles. The van der Waals surface area contributed by atoms with Crippen molar-refractivity contribution in [1.82, 2.24) is 0 Å². The Hall–Kier alpha value is -7.02. The molecule has 11 aromatic carbocycles. The van der Waals surface area contributed by atoms with Gasteiger partial charge in [0, 0.05) is 0 Å². The highest BCUT2D eigenvalue weighted by atomic mass is 14.2. The van der Waals surface area contributed by atoms with E-state index in [1.54, 1.807) is 0 Å². The molecule has 0 radical (unpaired) electrons. The first-order valence-electron chi connectivity index (χ1n) is 18.8. The summed E-state index contributed by atoms with van der Waals surface area (Å²) in [6.45, 7) is 0. The van der Waals surface area contributed by atoms with Gasteiger partial charge in [0.05, 0.1) is 0 Å². The molecule has 11 aromatic rings. The minimum atomic E-state index is 1.22. The second kappa shape index (κ2) is 12.3. The molecule has 0 bridgehead atoms. The number of hydrogen-bond acceptors (Lipinski definition) is 0. The minimum Gasteiger partial charge on any atom is -0.0622 e. The highest BCUT2D eigenvalue weighted by Crippen LogP contribution is 2.46. The molecule has 0 fully saturated rings. The van der Waals surface area contributed by atoms with Gasteiger partial charge in [-0.2, -0.15) is 0 Å². The molecule has 0 saturated heterocycles. The zero-order valence-electron chi connectivity index (χ0n) is 29.6. The van der Waals surface area contributed by atoms with Gasteiger partial charge in [-0.3, -0.25) is 0 Å². The first-order chi connectivity index (χ1) is 26.8. The summed E-state index contributed by atoms with van der Waals surface area (Å²) in [7, 11) is 0. The SMILES string of the molecule is c1ccc(-c2ccccc2-c2c3ccccc3c(-c3ccc4ccc(-c5ccc6c7ccccc7c7ccccc7c6c5)cc4c3)c3ccccc23)cc1. The standard InChI is InChI=1S/C54H34/c1-2-14-36(15-3-1)41-16-4-9-21-47(41)54-50-24-12-10-22-48(50)53(49-23-11-13-25-51(49)54)39-29-27-35-26-28-37(32-40(35)33-39)38-30-31-46-44-19-6-5-17-42(44)43-18-7-8-20-45(43)52(46)34-38/h1-34H. The van der Waals surface area contributed by atoms with Crippen LogP contribution in [0.2, 0.25) is 0 Å². The molecule has 0 heteroatoms. The predicted molar refractivity (Wildman–Crippen MR) is 233 cm³/mol. The average molecular weight is 683 g/mol. The second-order valence-corrected chi connectivity index (χ2v) is 14.4. The molecule has 0 amide bonds. The van der Waals surface area contributed by atoms with Crippen LogP contribution in [-0.4, -0.2) is 0 Å². The molecule has 54 heavy (non-hydrogen) atoms. The molecule has 0 unspecified atom stereocenters. The van der Waals surface area contributed by atoms with Crippen LogP contribution in [0.25, 0.3) is 109 Å². The first kappa shape index (κ1) is 30.6. The van der Waals surface area contributed by atoms with Gasteiger partial charge in [0.2, 0.25) is 0 Å². The van der Waals surface area contributed by atoms with Crippen LogP contribution >= 0.6 is 0 Å². The van der Waals surface area contributed by atoms with E-state index in [1.165, 1.54) is 109 Å². The van der Waals surface area contributed by atoms with Crippen molar-refractivity contribution in [3.8, 4) is 44.5 Å². The fraction of sp³-hybridized carbons (Fsp3) is 0. The normalized spacial score (nSPS) is 11.7. The van der Waals surface area contributed by atoms with Gasteiger partial charge in [-0.05, 0) is 127 Å². The van der Waals surface area contributed by atoms with E-state index in [0.29, 0.717) is 0 Å². The third-order valence-corrected chi connectivity index (χ3v) is 11.4. The van der Waals surface area contributed by atoms with Gasteiger partial charge in [0.1, 0.15) is 0 Å². The number of benzene rings is 11. The van der Waals surface area contributed by atoms with Crippen molar-refractivity contribution in [2.24, 2.45) is 0 Å². The summed E-state index contributed by atoms with van der Waals surface area (Å²) in [5.74, 6) is 0. The third kappa shape index (κ3) is 4.78. The molecule has 0 aromatic heterocycles. The van der Waals surface area contributed by atoms with Crippen molar-refractivity contribution in [3.63, 3.8) is 0 Å². The quantitative estimate of drug-likeness (QED) is 0.128. The second-order valence-electron chi connectivity index (χ2n) is 14.4. The molecule has 0 aliphatic rings. The maximum atomic E-state index is 2.40. The van der Waals surface area contributed by atoms with Crippen molar-refractivity contribution in [1.29, 1.82) is 0 Å². The summed E-state index contributed by atoms with van der Waals surface area (Å²) < 4.78 is 0. The smallest absolute Gasteiger partial charge is 0.00201 e. The van der Waals surface area contributed by atoms with Gasteiger partial charge in [0.15, 0.2) is 0 Å². The number of fused-ring (bicyclic) bond motifs is 9. The molecule has 250 valence electrons. The Labute approximate surface area is 314 Å². The lowest BCUT2D eigenvalue weighted by Crippen LogP contribution is -1.92. The van der Waals surface area contributed by atoms with Crippen LogP contribution in [0.15, 0.2) is 206 Å². The number of rotatable bonds is 4. The molecule has 0 saturated carbocycles. The van der Waals surface area contributed by atoms with Crippen molar-refractivity contribution in [2.45, 2.75) is 0 Å². The van der Waals surface area contributed by atoms with E-state index in [9.17, 15) is 0 Å². The van der Waals surface area contributed by atoms with Gasteiger partial charge in [-0.1, -0.05) is 188 Å². The van der Waals surface area contributed by atoms with Crippen LogP contribution in [-0.2, 0) is 0 Å². The molecule has 0 aliphatic heterocycles. The van der Waals surface area contributed by atoms with E-state index < -0.39 is 0 Å². The maximum absolute atomic E-state index is 2.40. The lowest BCUT2D eigenvalue weighted by molar-refractivity contribution is 1.61. The lowest BCUT2D eigenvalue weighted by Gasteiger charge is -2.20. The van der Waals surface area contributed by atoms with Crippen molar-refractivity contribution in [3.05, 3.63) is 206 Å². The van der Waals surface area contributed by atoms with Gasteiger partial charge in [-0.25, -0.2) is 0 Å². The number of hydrogen-bond donors (Lipinski definition) is 0. The van der Waals surface area contributed by atoms with Crippen LogP contribution in [0.4, 0.5) is 0 Å². The highest BCUT2D eigenvalue weighted by Gasteiger charge is 2.19. The molecule has 0 atom stereocenters. The fourth-order valence-electron chi connectivity index (χ4n) is 8.97. The lowest BCUT2D eigenvalue weighted by atomic mass is 9.83. The summed E-state index contributed by atoms with van der Waals surface area (Å²) >= 11 is 0. The predicted octanol–water partition coefficient (Wildman–Crippen LogP) is 15.3. The summed E-state index contributed by atoms with van der Waals surface area (Å²) in [6, 6.07) is 76.1. The monoisotopic (exact) mass is 682 g/mol. The van der Waals surface area contributed by atoms with E-state index in [-0.39, 0.29) is 0 Å². The van der Waals surface area contributed by atoms with E-state index >= 15 is 0 Å². The average Bonchev–Trinajstić information content (AvgIpc) is 3.25. The van der Waals surface area contributed by atoms with Crippen molar-refractivity contribution >= 4 is 64.6 Å². The Balaban J connectivity index is 1.11. The molecular weight excluding hydrogens is 649 g/mol. The topological polar surface area (TPSA) is 0 Å². The van der Waals surface area contributed by atoms with Crippen molar-refractivity contribution < 1.29 is 0 Å². The van der Waals surface area contributed by atoms with Crippen LogP contribution in [0.1, 0.15) is 0 Å². The van der Waals surface area contributed by atoms with Crippen LogP contribution in [0, 0.1) is 0 Å². The molecule has 0 N–H and O–H groups in total. The Morgan fingerprint density at radius 1 is 0.185 bits per heavy atom. The Morgan fingerprint density at radius 3 is 1.20 bits per heavy atom. The van der Waals surface area contributed by atoms with Gasteiger partial charge < -0.3 is 0 Å². The van der Waals surface area contributed by atoms with Crippen LogP contribution in [0.5, 0.6) is 0 Å². The van der Waals surface area contributed by atoms with Crippen LogP contribution < -0.4 is 0 Å². The van der Waals surface area contributed by atoms with Crippen LogP contribution in [0.3, 0.4) is 0 Å². The summed E-state index contributed by atoms with van der Waals surface area (Å²) in [6.07, 6.45) is 0. The molecule has 0 spiro atoms. The highest BCUT2D eigenvalue weighted by molar-refractivity contribution is 6.26. The van der Waals surface area contributed by atoms with Crippen molar-refractivity contribution in [2.75, 3.05) is 0 Å². The van der Waals surface area contributed by atoms with E-state index in [1.807, 2.05) is 0 Å². The summed E-state index contributed by atoms with van der Waals surface area (Å²) in [5, 5.41) is 15.3. The van der Waals surface area contributed by atoms with E-state index in [2.05, 4.69) is 206 Å². The van der Waals surface area contributed by atoms with Gasteiger partial charge in [-0.15, -0.1) is 0 Å². The zero-order chi connectivity index (χ0) is 35.6. The molecule has 0 nitrogen and oxygen atoms in total. The maximum Gasteiger partial charge on any atom is -0.00201 e. The summed E-state index contributed by atoms with van der Waals surface area (Å²) in [5.41, 5.74) is 9.96. The Morgan fingerprint density at radius 2 is 0.593 bits per heavy atom. The minimum absolute atomic E-state index is 1.22. The third-order valence-electron chi connectivity index (χ3n) is 11.4. The Kier molecular flexibility index (Phi) is 6.97. The Bertz CT molecular complexity index is 3170. The zero-order valence-corrected chi connectivity index (χ0v) is 29.6. The largest absolute Gasteiger partial charge is 0.0622 e. The van der Waals surface area contributed by atoms with E-state index in [4.69, 9.17) is 0 Å². The fourth-order valence-corrected chi connectivity index (χ4v) is 8.97. The van der Waals surface area contributed by atoms with Gasteiger partial charge >= 0.3 is 0 Å². The van der Waals surface area contributed by atoms with Gasteiger partial charge in [0.25, 0.3) is 0 Å².